The van der Waals surface area contributed by atoms with Crippen molar-refractivity contribution in [1.29, 1.82) is 0 Å². The summed E-state index contributed by atoms with van der Waals surface area (Å²) in [7, 11) is 3.24. The summed E-state index contributed by atoms with van der Waals surface area (Å²) in [6.07, 6.45) is 0. The topological polar surface area (TPSA) is 68.3 Å². The van der Waals surface area contributed by atoms with Crippen LogP contribution in [0.4, 0.5) is 17.5 Å². The van der Waals surface area contributed by atoms with E-state index in [1.165, 1.54) is 0 Å². The third-order valence-electron chi connectivity index (χ3n) is 4.29. The van der Waals surface area contributed by atoms with Crippen LogP contribution in [0.15, 0.2) is 42.5 Å². The Labute approximate surface area is 169 Å². The SMILES string of the molecule is COc1ccc(CNc2cc(C)nc(Nc3cccc(Cl)c3C)n2)cc1OC. The number of methoxy groups -OCH3 is 2. The van der Waals surface area contributed by atoms with Gasteiger partial charge in [-0.2, -0.15) is 4.98 Å². The van der Waals surface area contributed by atoms with Crippen molar-refractivity contribution in [3.63, 3.8) is 0 Å². The molecule has 0 bridgehead atoms. The van der Waals surface area contributed by atoms with Gasteiger partial charge in [-0.25, -0.2) is 4.98 Å². The van der Waals surface area contributed by atoms with E-state index in [0.717, 1.165) is 28.3 Å². The maximum absolute atomic E-state index is 6.19. The fourth-order valence-corrected chi connectivity index (χ4v) is 2.94. The number of ether oxygens (including phenoxy) is 2. The minimum absolute atomic E-state index is 0.514. The Balaban J connectivity index is 1.76. The molecular weight excluding hydrogens is 376 g/mol. The predicted molar refractivity (Wildman–Crippen MR) is 113 cm³/mol. The van der Waals surface area contributed by atoms with Gasteiger partial charge in [-0.1, -0.05) is 23.7 Å². The Bertz CT molecular complexity index is 979. The Morgan fingerprint density at radius 2 is 1.75 bits per heavy atom. The van der Waals surface area contributed by atoms with Crippen LogP contribution in [0.3, 0.4) is 0 Å². The van der Waals surface area contributed by atoms with Gasteiger partial charge >= 0.3 is 0 Å². The lowest BCUT2D eigenvalue weighted by atomic mass is 10.2. The Morgan fingerprint density at radius 3 is 2.50 bits per heavy atom. The van der Waals surface area contributed by atoms with E-state index >= 15 is 0 Å². The molecule has 0 fully saturated rings. The van der Waals surface area contributed by atoms with Crippen molar-refractivity contribution in [2.45, 2.75) is 20.4 Å². The van der Waals surface area contributed by atoms with Gasteiger partial charge in [-0.3, -0.25) is 0 Å². The summed E-state index contributed by atoms with van der Waals surface area (Å²) >= 11 is 6.19. The maximum atomic E-state index is 6.19. The number of halogens is 1. The largest absolute Gasteiger partial charge is 0.493 e. The van der Waals surface area contributed by atoms with Gasteiger partial charge in [0.1, 0.15) is 5.82 Å². The minimum Gasteiger partial charge on any atom is -0.493 e. The predicted octanol–water partition coefficient (Wildman–Crippen LogP) is 5.12. The molecule has 0 aliphatic carbocycles. The number of hydrogen-bond donors (Lipinski definition) is 2. The third kappa shape index (κ3) is 4.64. The molecule has 0 aliphatic heterocycles. The lowest BCUT2D eigenvalue weighted by molar-refractivity contribution is 0.354. The molecule has 0 amide bonds. The van der Waals surface area contributed by atoms with Crippen molar-refractivity contribution in [3.8, 4) is 11.5 Å². The van der Waals surface area contributed by atoms with Gasteiger partial charge < -0.3 is 20.1 Å². The molecule has 0 unspecified atom stereocenters. The van der Waals surface area contributed by atoms with Gasteiger partial charge in [-0.15, -0.1) is 0 Å². The highest BCUT2D eigenvalue weighted by Gasteiger charge is 2.08. The van der Waals surface area contributed by atoms with Gasteiger partial charge in [0.25, 0.3) is 0 Å². The minimum atomic E-state index is 0.514. The average Bonchev–Trinajstić information content (AvgIpc) is 2.69. The molecule has 0 saturated heterocycles. The van der Waals surface area contributed by atoms with Crippen molar-refractivity contribution in [2.24, 2.45) is 0 Å². The molecule has 3 aromatic rings. The summed E-state index contributed by atoms with van der Waals surface area (Å²) in [6, 6.07) is 13.4. The van der Waals surface area contributed by atoms with Crippen LogP contribution in [0.25, 0.3) is 0 Å². The van der Waals surface area contributed by atoms with E-state index in [0.29, 0.717) is 29.0 Å². The summed E-state index contributed by atoms with van der Waals surface area (Å²) in [5.74, 6) is 2.64. The van der Waals surface area contributed by atoms with Crippen LogP contribution >= 0.6 is 11.6 Å². The van der Waals surface area contributed by atoms with Gasteiger partial charge in [0.05, 0.1) is 14.2 Å². The molecule has 0 aliphatic rings. The average molecular weight is 399 g/mol. The molecular formula is C21H23ClN4O2. The van der Waals surface area contributed by atoms with Crippen LogP contribution in [0.1, 0.15) is 16.8 Å². The molecule has 2 aromatic carbocycles. The van der Waals surface area contributed by atoms with E-state index in [1.54, 1.807) is 14.2 Å². The molecule has 3 rings (SSSR count). The number of anilines is 3. The van der Waals surface area contributed by atoms with Crippen molar-refractivity contribution in [2.75, 3.05) is 24.9 Å². The summed E-state index contributed by atoms with van der Waals surface area (Å²) in [5.41, 5.74) is 3.74. The first-order valence-electron chi connectivity index (χ1n) is 8.82. The zero-order valence-electron chi connectivity index (χ0n) is 16.3. The summed E-state index contributed by atoms with van der Waals surface area (Å²) in [4.78, 5) is 9.02. The van der Waals surface area contributed by atoms with Crippen LogP contribution in [-0.2, 0) is 6.54 Å². The first-order valence-corrected chi connectivity index (χ1v) is 9.20. The number of benzene rings is 2. The molecule has 2 N–H and O–H groups in total. The molecule has 7 heteroatoms. The molecule has 1 heterocycles. The Hall–Kier alpha value is -2.99. The van der Waals surface area contributed by atoms with Crippen molar-refractivity contribution < 1.29 is 9.47 Å². The van der Waals surface area contributed by atoms with Gasteiger partial charge in [0, 0.05) is 29.0 Å². The highest BCUT2D eigenvalue weighted by Crippen LogP contribution is 2.28. The number of rotatable bonds is 7. The molecule has 146 valence electrons. The van der Waals surface area contributed by atoms with Crippen molar-refractivity contribution >= 4 is 29.1 Å². The maximum Gasteiger partial charge on any atom is 0.229 e. The molecule has 0 atom stereocenters. The van der Waals surface area contributed by atoms with Crippen LogP contribution < -0.4 is 20.1 Å². The van der Waals surface area contributed by atoms with Crippen molar-refractivity contribution in [1.82, 2.24) is 9.97 Å². The second-order valence-corrected chi connectivity index (χ2v) is 6.71. The second kappa shape index (κ2) is 8.80. The van der Waals surface area contributed by atoms with Crippen LogP contribution in [0.5, 0.6) is 11.5 Å². The number of nitrogens with one attached hydrogen (secondary N) is 2. The molecule has 1 aromatic heterocycles. The van der Waals surface area contributed by atoms with Gasteiger partial charge in [0.2, 0.25) is 5.95 Å². The zero-order valence-corrected chi connectivity index (χ0v) is 17.1. The fraction of sp³-hybridized carbons (Fsp3) is 0.238. The molecule has 0 spiro atoms. The molecule has 6 nitrogen and oxygen atoms in total. The molecule has 0 radical (unpaired) electrons. The second-order valence-electron chi connectivity index (χ2n) is 6.30. The van der Waals surface area contributed by atoms with Gasteiger partial charge in [0.15, 0.2) is 11.5 Å². The Morgan fingerprint density at radius 1 is 0.964 bits per heavy atom. The first kappa shape index (κ1) is 19.8. The van der Waals surface area contributed by atoms with E-state index in [-0.39, 0.29) is 0 Å². The van der Waals surface area contributed by atoms with Gasteiger partial charge in [-0.05, 0) is 49.2 Å². The molecule has 0 saturated carbocycles. The highest BCUT2D eigenvalue weighted by molar-refractivity contribution is 6.31. The van der Waals surface area contributed by atoms with Crippen LogP contribution in [0, 0.1) is 13.8 Å². The van der Waals surface area contributed by atoms with Crippen LogP contribution in [0.2, 0.25) is 5.02 Å². The normalized spacial score (nSPS) is 10.5. The number of hydrogen-bond acceptors (Lipinski definition) is 6. The van der Waals surface area contributed by atoms with E-state index in [1.807, 2.05) is 56.3 Å². The lowest BCUT2D eigenvalue weighted by Crippen LogP contribution is -2.06. The summed E-state index contributed by atoms with van der Waals surface area (Å²) < 4.78 is 10.6. The van der Waals surface area contributed by atoms with E-state index in [9.17, 15) is 0 Å². The lowest BCUT2D eigenvalue weighted by Gasteiger charge is -2.13. The smallest absolute Gasteiger partial charge is 0.229 e. The van der Waals surface area contributed by atoms with E-state index in [2.05, 4.69) is 20.6 Å². The molecule has 28 heavy (non-hydrogen) atoms. The first-order chi connectivity index (χ1) is 13.5. The van der Waals surface area contributed by atoms with E-state index in [4.69, 9.17) is 21.1 Å². The Kier molecular flexibility index (Phi) is 6.21. The summed E-state index contributed by atoms with van der Waals surface area (Å²) in [6.45, 7) is 4.47. The third-order valence-corrected chi connectivity index (χ3v) is 4.70. The fourth-order valence-electron chi connectivity index (χ4n) is 2.76. The zero-order chi connectivity index (χ0) is 20.1. The number of aryl methyl sites for hydroxylation is 1. The monoisotopic (exact) mass is 398 g/mol. The van der Waals surface area contributed by atoms with E-state index < -0.39 is 0 Å². The quantitative estimate of drug-likeness (QED) is 0.575. The highest BCUT2D eigenvalue weighted by atomic mass is 35.5. The standard InChI is InChI=1S/C21H23ClN4O2/c1-13-10-20(23-12-15-8-9-18(27-3)19(11-15)28-4)26-21(24-13)25-17-7-5-6-16(22)14(17)2/h5-11H,12H2,1-4H3,(H2,23,24,25,26). The van der Waals surface area contributed by atoms with Crippen LogP contribution in [-0.4, -0.2) is 24.2 Å². The number of aromatic nitrogens is 2. The summed E-state index contributed by atoms with van der Waals surface area (Å²) in [5, 5.41) is 7.27. The van der Waals surface area contributed by atoms with Crippen molar-refractivity contribution in [3.05, 3.63) is 64.3 Å². The number of nitrogens with zero attached hydrogens (tertiary/aromatic N) is 2.